The number of methoxy groups -OCH3 is 1. The number of ether oxygens (including phenoxy) is 1. The molecule has 0 saturated carbocycles. The first-order valence-corrected chi connectivity index (χ1v) is 11.0. The number of fused-ring (bicyclic) bond motifs is 4. The van der Waals surface area contributed by atoms with Gasteiger partial charge in [0, 0.05) is 36.9 Å². The Hall–Kier alpha value is -3.45. The van der Waals surface area contributed by atoms with Crippen molar-refractivity contribution in [3.8, 4) is 22.9 Å². The van der Waals surface area contributed by atoms with Crippen LogP contribution in [0.15, 0.2) is 42.6 Å². The lowest BCUT2D eigenvalue weighted by atomic mass is 9.95. The molecule has 32 heavy (non-hydrogen) atoms. The molecule has 2 unspecified atom stereocenters. The third kappa shape index (κ3) is 3.12. The summed E-state index contributed by atoms with van der Waals surface area (Å²) < 4.78 is 5.44. The van der Waals surface area contributed by atoms with Crippen LogP contribution in [0.3, 0.4) is 0 Å². The van der Waals surface area contributed by atoms with E-state index >= 15 is 0 Å². The number of benzene rings is 2. The molecule has 0 spiro atoms. The van der Waals surface area contributed by atoms with Gasteiger partial charge in [0.2, 0.25) is 0 Å². The van der Waals surface area contributed by atoms with Crippen LogP contribution in [0.25, 0.3) is 32.9 Å². The van der Waals surface area contributed by atoms with Gasteiger partial charge in [-0.2, -0.15) is 9.97 Å². The van der Waals surface area contributed by atoms with Gasteiger partial charge in [0.05, 0.1) is 12.6 Å². The molecule has 0 amide bonds. The minimum Gasteiger partial charge on any atom is -0.508 e. The smallest absolute Gasteiger partial charge is 0.318 e. The van der Waals surface area contributed by atoms with Crippen LogP contribution in [0, 0.1) is 6.92 Å². The summed E-state index contributed by atoms with van der Waals surface area (Å²) in [6.45, 7) is 3.90. The first-order valence-electron chi connectivity index (χ1n) is 11.0. The highest BCUT2D eigenvalue weighted by Gasteiger charge is 2.34. The van der Waals surface area contributed by atoms with Crippen LogP contribution in [0.2, 0.25) is 0 Å². The standard InChI is InChI=1S/C25H25N5O2/c1-14-4-3-5-15-8-19(31)10-20(22(14)15)16-9-21-23(26-11-16)24(29-25(28-21)32-2)30-12-17-6-7-18(13-30)27-17/h3-5,8-11,17-18,27,31H,6-7,12-13H2,1-2H3. The molecule has 162 valence electrons. The lowest BCUT2D eigenvalue weighted by Crippen LogP contribution is -2.51. The van der Waals surface area contributed by atoms with Gasteiger partial charge in [-0.15, -0.1) is 0 Å². The predicted octanol–water partition coefficient (Wildman–Crippen LogP) is 3.81. The lowest BCUT2D eigenvalue weighted by Gasteiger charge is -2.34. The summed E-state index contributed by atoms with van der Waals surface area (Å²) in [5.74, 6) is 1.06. The molecular weight excluding hydrogens is 402 g/mol. The number of hydrogen-bond donors (Lipinski definition) is 2. The maximum atomic E-state index is 10.3. The fraction of sp³-hybridized carbons (Fsp3) is 0.320. The highest BCUT2D eigenvalue weighted by Crippen LogP contribution is 2.37. The monoisotopic (exact) mass is 427 g/mol. The van der Waals surface area contributed by atoms with Crippen molar-refractivity contribution < 1.29 is 9.84 Å². The maximum absolute atomic E-state index is 10.3. The molecule has 2 aliphatic rings. The second-order valence-corrected chi connectivity index (χ2v) is 8.83. The highest BCUT2D eigenvalue weighted by molar-refractivity contribution is 6.01. The van der Waals surface area contributed by atoms with Crippen LogP contribution < -0.4 is 15.0 Å². The van der Waals surface area contributed by atoms with Crippen LogP contribution in [-0.4, -0.2) is 52.3 Å². The van der Waals surface area contributed by atoms with Gasteiger partial charge in [-0.05, 0) is 59.9 Å². The fourth-order valence-electron chi connectivity index (χ4n) is 5.24. The molecule has 6 rings (SSSR count). The molecule has 2 atom stereocenters. The summed E-state index contributed by atoms with van der Waals surface area (Å²) in [6, 6.07) is 13.0. The van der Waals surface area contributed by atoms with Crippen molar-refractivity contribution >= 4 is 27.6 Å². The number of nitrogens with zero attached hydrogens (tertiary/aromatic N) is 4. The Morgan fingerprint density at radius 1 is 1.09 bits per heavy atom. The first kappa shape index (κ1) is 19.3. The van der Waals surface area contributed by atoms with Crippen molar-refractivity contribution in [2.45, 2.75) is 31.8 Å². The zero-order chi connectivity index (χ0) is 21.8. The van der Waals surface area contributed by atoms with Gasteiger partial charge in [0.15, 0.2) is 5.82 Å². The molecule has 2 aliphatic heterocycles. The van der Waals surface area contributed by atoms with E-state index in [0.717, 1.165) is 57.4 Å². The van der Waals surface area contributed by atoms with Crippen LogP contribution in [0.4, 0.5) is 5.82 Å². The number of aryl methyl sites for hydroxylation is 1. The van der Waals surface area contributed by atoms with E-state index in [0.29, 0.717) is 18.1 Å². The minimum atomic E-state index is 0.232. The number of nitrogens with one attached hydrogen (secondary N) is 1. The molecule has 2 aromatic heterocycles. The topological polar surface area (TPSA) is 83.4 Å². The molecule has 4 heterocycles. The maximum Gasteiger partial charge on any atom is 0.318 e. The number of anilines is 1. The Balaban J connectivity index is 1.52. The Morgan fingerprint density at radius 3 is 2.69 bits per heavy atom. The third-order valence-corrected chi connectivity index (χ3v) is 6.68. The largest absolute Gasteiger partial charge is 0.508 e. The van der Waals surface area contributed by atoms with Gasteiger partial charge in [-0.3, -0.25) is 4.98 Å². The molecule has 7 heteroatoms. The van der Waals surface area contributed by atoms with Crippen LogP contribution in [0.1, 0.15) is 18.4 Å². The molecule has 0 radical (unpaired) electrons. The van der Waals surface area contributed by atoms with Crippen LogP contribution in [-0.2, 0) is 0 Å². The van der Waals surface area contributed by atoms with E-state index in [9.17, 15) is 5.11 Å². The van der Waals surface area contributed by atoms with Gasteiger partial charge >= 0.3 is 6.01 Å². The Morgan fingerprint density at radius 2 is 1.91 bits per heavy atom. The summed E-state index contributed by atoms with van der Waals surface area (Å²) >= 11 is 0. The molecule has 4 aromatic rings. The fourth-order valence-corrected chi connectivity index (χ4v) is 5.24. The van der Waals surface area contributed by atoms with E-state index in [2.05, 4.69) is 33.2 Å². The second kappa shape index (κ2) is 7.31. The highest BCUT2D eigenvalue weighted by atomic mass is 16.5. The number of pyridine rings is 1. The van der Waals surface area contributed by atoms with E-state index in [1.165, 1.54) is 12.8 Å². The Labute approximate surface area is 186 Å². The van der Waals surface area contributed by atoms with Gasteiger partial charge in [-0.1, -0.05) is 18.2 Å². The molecule has 7 nitrogen and oxygen atoms in total. The van der Waals surface area contributed by atoms with Crippen LogP contribution in [0.5, 0.6) is 11.8 Å². The molecule has 2 saturated heterocycles. The number of phenolic OH excluding ortho intramolecular Hbond substituents is 1. The number of hydrogen-bond acceptors (Lipinski definition) is 7. The van der Waals surface area contributed by atoms with Crippen molar-refractivity contribution in [1.29, 1.82) is 0 Å². The van der Waals surface area contributed by atoms with Crippen molar-refractivity contribution in [3.63, 3.8) is 0 Å². The first-order chi connectivity index (χ1) is 15.6. The zero-order valence-corrected chi connectivity index (χ0v) is 18.2. The number of phenols is 1. The van der Waals surface area contributed by atoms with E-state index < -0.39 is 0 Å². The lowest BCUT2D eigenvalue weighted by molar-refractivity contribution is 0.380. The molecule has 2 fully saturated rings. The third-order valence-electron chi connectivity index (χ3n) is 6.68. The van der Waals surface area contributed by atoms with Crippen molar-refractivity contribution in [2.24, 2.45) is 0 Å². The summed E-state index contributed by atoms with van der Waals surface area (Å²) in [5.41, 5.74) is 4.50. The molecular formula is C25H25N5O2. The van der Waals surface area contributed by atoms with E-state index in [-0.39, 0.29) is 5.75 Å². The van der Waals surface area contributed by atoms with Gasteiger partial charge in [0.1, 0.15) is 11.3 Å². The summed E-state index contributed by atoms with van der Waals surface area (Å²) in [4.78, 5) is 16.4. The summed E-state index contributed by atoms with van der Waals surface area (Å²) in [6.07, 6.45) is 4.25. The molecule has 2 aromatic carbocycles. The Bertz CT molecular complexity index is 1340. The van der Waals surface area contributed by atoms with E-state index in [4.69, 9.17) is 9.72 Å². The van der Waals surface area contributed by atoms with E-state index in [1.54, 1.807) is 19.2 Å². The average molecular weight is 428 g/mol. The summed E-state index contributed by atoms with van der Waals surface area (Å²) in [7, 11) is 1.59. The molecule has 2 bridgehead atoms. The molecule has 2 N–H and O–H groups in total. The quantitative estimate of drug-likeness (QED) is 0.514. The average Bonchev–Trinajstić information content (AvgIpc) is 3.14. The second-order valence-electron chi connectivity index (χ2n) is 8.83. The van der Waals surface area contributed by atoms with Gasteiger partial charge in [0.25, 0.3) is 0 Å². The number of aromatic hydroxyl groups is 1. The normalized spacial score (nSPS) is 20.2. The predicted molar refractivity (Wildman–Crippen MR) is 125 cm³/mol. The number of piperazine rings is 1. The van der Waals surface area contributed by atoms with Gasteiger partial charge in [-0.25, -0.2) is 0 Å². The van der Waals surface area contributed by atoms with E-state index in [1.807, 2.05) is 24.4 Å². The Kier molecular flexibility index (Phi) is 4.40. The van der Waals surface area contributed by atoms with Crippen molar-refractivity contribution in [2.75, 3.05) is 25.1 Å². The summed E-state index contributed by atoms with van der Waals surface area (Å²) in [5, 5.41) is 16.1. The molecule has 0 aliphatic carbocycles. The van der Waals surface area contributed by atoms with Crippen molar-refractivity contribution in [3.05, 3.63) is 48.2 Å². The van der Waals surface area contributed by atoms with Gasteiger partial charge < -0.3 is 20.1 Å². The minimum absolute atomic E-state index is 0.232. The number of rotatable bonds is 3. The van der Waals surface area contributed by atoms with Crippen molar-refractivity contribution in [1.82, 2.24) is 20.3 Å². The number of aromatic nitrogens is 3. The zero-order valence-electron chi connectivity index (χ0n) is 18.2. The SMILES string of the molecule is COc1nc(N2CC3CCC(C2)N3)c2ncc(-c3cc(O)cc4cccc(C)c34)cc2n1. The van der Waals surface area contributed by atoms with Crippen LogP contribution >= 0.6 is 0 Å².